The molecule has 5 heteroatoms. The molecular weight excluding hydrogens is 255 g/mol. The summed E-state index contributed by atoms with van der Waals surface area (Å²) in [5.74, 6) is -0.160. The second-order valence-corrected chi connectivity index (χ2v) is 5.22. The number of hydrogen-bond donors (Lipinski definition) is 1. The fourth-order valence-corrected chi connectivity index (χ4v) is 2.64. The monoisotopic (exact) mass is 273 g/mol. The zero-order valence-electron chi connectivity index (χ0n) is 10.9. The normalized spacial score (nSPS) is 17.9. The van der Waals surface area contributed by atoms with Gasteiger partial charge < -0.3 is 10.1 Å². The molecule has 1 aliphatic heterocycles. The van der Waals surface area contributed by atoms with Crippen LogP contribution in [0.25, 0.3) is 0 Å². The van der Waals surface area contributed by atoms with Gasteiger partial charge in [-0.15, -0.1) is 13.2 Å². The average Bonchev–Trinajstić information content (AvgIpc) is 2.27. The highest BCUT2D eigenvalue weighted by atomic mass is 19.4. The summed E-state index contributed by atoms with van der Waals surface area (Å²) in [7, 11) is 0. The molecular formula is C14H18F3NO. The lowest BCUT2D eigenvalue weighted by Crippen LogP contribution is -2.54. The summed E-state index contributed by atoms with van der Waals surface area (Å²) in [6, 6.07) is 6.21. The van der Waals surface area contributed by atoms with Crippen molar-refractivity contribution in [3.05, 3.63) is 29.8 Å². The summed E-state index contributed by atoms with van der Waals surface area (Å²) in [4.78, 5) is 0. The van der Waals surface area contributed by atoms with Crippen molar-refractivity contribution in [3.63, 3.8) is 0 Å². The van der Waals surface area contributed by atoms with Crippen LogP contribution in [0.15, 0.2) is 24.3 Å². The maximum atomic E-state index is 12.0. The Bertz CT molecular complexity index is 410. The van der Waals surface area contributed by atoms with Crippen LogP contribution in [0.5, 0.6) is 5.75 Å². The molecule has 0 spiro atoms. The zero-order valence-corrected chi connectivity index (χ0v) is 10.9. The first-order chi connectivity index (χ1) is 8.92. The number of halogens is 3. The van der Waals surface area contributed by atoms with Crippen LogP contribution in [0.4, 0.5) is 13.2 Å². The number of ether oxygens (including phenoxy) is 1. The smallest absolute Gasteiger partial charge is 0.406 e. The van der Waals surface area contributed by atoms with Crippen LogP contribution in [0.1, 0.15) is 25.3 Å². The molecule has 19 heavy (non-hydrogen) atoms. The van der Waals surface area contributed by atoms with E-state index in [2.05, 4.69) is 17.0 Å². The van der Waals surface area contributed by atoms with Crippen molar-refractivity contribution in [2.45, 2.75) is 32.5 Å². The lowest BCUT2D eigenvalue weighted by molar-refractivity contribution is -0.274. The molecule has 1 N–H and O–H groups in total. The summed E-state index contributed by atoms with van der Waals surface area (Å²) in [5.41, 5.74) is 1.34. The molecule has 106 valence electrons. The number of benzene rings is 1. The van der Waals surface area contributed by atoms with Gasteiger partial charge in [0.05, 0.1) is 0 Å². The van der Waals surface area contributed by atoms with E-state index in [0.29, 0.717) is 0 Å². The van der Waals surface area contributed by atoms with Gasteiger partial charge in [-0.05, 0) is 36.0 Å². The van der Waals surface area contributed by atoms with Gasteiger partial charge in [-0.1, -0.05) is 25.5 Å². The number of rotatable bonds is 5. The minimum Gasteiger partial charge on any atom is -0.406 e. The van der Waals surface area contributed by atoms with Gasteiger partial charge in [-0.25, -0.2) is 0 Å². The first kappa shape index (κ1) is 14.2. The second kappa shape index (κ2) is 5.41. The maximum absolute atomic E-state index is 12.0. The fourth-order valence-electron chi connectivity index (χ4n) is 2.64. The Labute approximate surface area is 111 Å². The third kappa shape index (κ3) is 3.86. The van der Waals surface area contributed by atoms with Crippen molar-refractivity contribution < 1.29 is 17.9 Å². The van der Waals surface area contributed by atoms with E-state index >= 15 is 0 Å². The lowest BCUT2D eigenvalue weighted by Gasteiger charge is -2.43. The Morgan fingerprint density at radius 3 is 2.26 bits per heavy atom. The summed E-state index contributed by atoms with van der Waals surface area (Å²) < 4.78 is 40.0. The molecule has 0 bridgehead atoms. The van der Waals surface area contributed by atoms with Crippen LogP contribution < -0.4 is 10.1 Å². The molecule has 2 rings (SSSR count). The van der Waals surface area contributed by atoms with E-state index in [0.717, 1.165) is 37.9 Å². The molecule has 0 radical (unpaired) electrons. The van der Waals surface area contributed by atoms with Gasteiger partial charge in [0.25, 0.3) is 0 Å². The lowest BCUT2D eigenvalue weighted by atomic mass is 9.73. The van der Waals surface area contributed by atoms with Gasteiger partial charge in [0, 0.05) is 13.1 Å². The van der Waals surface area contributed by atoms with E-state index in [1.807, 2.05) is 0 Å². The van der Waals surface area contributed by atoms with E-state index in [1.54, 1.807) is 12.1 Å². The highest BCUT2D eigenvalue weighted by molar-refractivity contribution is 5.28. The Hall–Kier alpha value is -1.23. The molecule has 1 aromatic carbocycles. The standard InChI is InChI=1S/C14H18F3NO/c1-2-7-13(9-18-10-13)8-11-3-5-12(6-4-11)19-14(15,16)17/h3-6,18H,2,7-10H2,1H3. The van der Waals surface area contributed by atoms with Crippen LogP contribution in [-0.2, 0) is 6.42 Å². The van der Waals surface area contributed by atoms with E-state index < -0.39 is 6.36 Å². The highest BCUT2D eigenvalue weighted by Crippen LogP contribution is 2.33. The first-order valence-corrected chi connectivity index (χ1v) is 6.48. The van der Waals surface area contributed by atoms with E-state index in [4.69, 9.17) is 0 Å². The predicted octanol–water partition coefficient (Wildman–Crippen LogP) is 3.52. The van der Waals surface area contributed by atoms with Crippen molar-refractivity contribution >= 4 is 0 Å². The Morgan fingerprint density at radius 1 is 1.21 bits per heavy atom. The third-order valence-corrected chi connectivity index (χ3v) is 3.52. The molecule has 1 aliphatic rings. The zero-order chi connectivity index (χ0) is 13.9. The van der Waals surface area contributed by atoms with Crippen LogP contribution in [0.2, 0.25) is 0 Å². The first-order valence-electron chi connectivity index (χ1n) is 6.48. The molecule has 1 saturated heterocycles. The molecule has 2 nitrogen and oxygen atoms in total. The number of alkyl halides is 3. The fraction of sp³-hybridized carbons (Fsp3) is 0.571. The third-order valence-electron chi connectivity index (χ3n) is 3.52. The number of nitrogens with one attached hydrogen (secondary N) is 1. The van der Waals surface area contributed by atoms with Gasteiger partial charge >= 0.3 is 6.36 Å². The summed E-state index contributed by atoms with van der Waals surface area (Å²) >= 11 is 0. The minimum atomic E-state index is -4.62. The summed E-state index contributed by atoms with van der Waals surface area (Å²) in [6.07, 6.45) is -1.46. The molecule has 1 heterocycles. The van der Waals surface area contributed by atoms with Gasteiger partial charge in [-0.2, -0.15) is 0 Å². The van der Waals surface area contributed by atoms with Crippen molar-refractivity contribution in [1.29, 1.82) is 0 Å². The van der Waals surface area contributed by atoms with Gasteiger partial charge in [0.2, 0.25) is 0 Å². The van der Waals surface area contributed by atoms with Crippen LogP contribution in [-0.4, -0.2) is 19.5 Å². The molecule has 0 aromatic heterocycles. The van der Waals surface area contributed by atoms with E-state index in [9.17, 15) is 13.2 Å². The van der Waals surface area contributed by atoms with Crippen molar-refractivity contribution in [3.8, 4) is 5.75 Å². The molecule has 0 saturated carbocycles. The van der Waals surface area contributed by atoms with Crippen molar-refractivity contribution in [2.24, 2.45) is 5.41 Å². The molecule has 1 fully saturated rings. The maximum Gasteiger partial charge on any atom is 0.573 e. The van der Waals surface area contributed by atoms with E-state index in [-0.39, 0.29) is 11.2 Å². The van der Waals surface area contributed by atoms with Gasteiger partial charge in [-0.3, -0.25) is 0 Å². The minimum absolute atomic E-state index is 0.160. The summed E-state index contributed by atoms with van der Waals surface area (Å²) in [6.45, 7) is 4.13. The quantitative estimate of drug-likeness (QED) is 0.886. The Kier molecular flexibility index (Phi) is 4.04. The van der Waals surface area contributed by atoms with Crippen LogP contribution in [0, 0.1) is 5.41 Å². The Morgan fingerprint density at radius 2 is 1.84 bits per heavy atom. The van der Waals surface area contributed by atoms with Crippen LogP contribution in [0.3, 0.4) is 0 Å². The molecule has 0 atom stereocenters. The molecule has 0 amide bonds. The van der Waals surface area contributed by atoms with E-state index in [1.165, 1.54) is 12.1 Å². The van der Waals surface area contributed by atoms with Crippen molar-refractivity contribution in [2.75, 3.05) is 13.1 Å². The summed E-state index contributed by atoms with van der Waals surface area (Å²) in [5, 5.41) is 3.28. The second-order valence-electron chi connectivity index (χ2n) is 5.22. The SMILES string of the molecule is CCCC1(Cc2ccc(OC(F)(F)F)cc2)CNC1. The number of hydrogen-bond acceptors (Lipinski definition) is 2. The molecule has 0 unspecified atom stereocenters. The molecule has 1 aromatic rings. The predicted molar refractivity (Wildman–Crippen MR) is 67.0 cm³/mol. The molecule has 0 aliphatic carbocycles. The average molecular weight is 273 g/mol. The van der Waals surface area contributed by atoms with Crippen molar-refractivity contribution in [1.82, 2.24) is 5.32 Å². The van der Waals surface area contributed by atoms with Gasteiger partial charge in [0.15, 0.2) is 0 Å². The van der Waals surface area contributed by atoms with Crippen LogP contribution >= 0.6 is 0 Å². The Balaban J connectivity index is 1.98. The topological polar surface area (TPSA) is 21.3 Å². The van der Waals surface area contributed by atoms with Gasteiger partial charge in [0.1, 0.15) is 5.75 Å². The highest BCUT2D eigenvalue weighted by Gasteiger charge is 2.36. The largest absolute Gasteiger partial charge is 0.573 e.